The summed E-state index contributed by atoms with van der Waals surface area (Å²) in [6.07, 6.45) is 1.06. The molecule has 1 aromatic rings. The molecule has 0 fully saturated rings. The molecule has 2 atom stereocenters. The van der Waals surface area contributed by atoms with E-state index in [4.69, 9.17) is 5.73 Å². The maximum atomic E-state index is 12.7. The number of nitrogens with two attached hydrogens (primary N) is 1. The van der Waals surface area contributed by atoms with E-state index in [1.807, 2.05) is 0 Å². The van der Waals surface area contributed by atoms with E-state index in [9.17, 15) is 9.50 Å². The van der Waals surface area contributed by atoms with Gasteiger partial charge in [-0.05, 0) is 36.5 Å². The lowest BCUT2D eigenvalue weighted by Crippen LogP contribution is -2.26. The number of benzene rings is 1. The molecule has 0 saturated carbocycles. The fraction of sp³-hybridized carbons (Fsp3) is 0.538. The monoisotopic (exact) mass is 261 g/mol. The molecule has 0 unspecified atom stereocenters. The highest BCUT2D eigenvalue weighted by Gasteiger charge is 2.16. The molecule has 0 radical (unpaired) electrons. The lowest BCUT2D eigenvalue weighted by atomic mass is 9.96. The van der Waals surface area contributed by atoms with Crippen LogP contribution in [0.25, 0.3) is 0 Å². The van der Waals surface area contributed by atoms with Crippen molar-refractivity contribution in [2.45, 2.75) is 38.8 Å². The van der Waals surface area contributed by atoms with E-state index in [0.717, 1.165) is 12.0 Å². The van der Waals surface area contributed by atoms with E-state index in [1.54, 1.807) is 12.1 Å². The van der Waals surface area contributed by atoms with Crippen molar-refractivity contribution in [3.05, 3.63) is 35.6 Å². The molecule has 0 spiro atoms. The fourth-order valence-electron chi connectivity index (χ4n) is 1.59. The van der Waals surface area contributed by atoms with Crippen molar-refractivity contribution in [2.24, 2.45) is 11.7 Å². The molecule has 3 N–H and O–H groups in total. The topological polar surface area (TPSA) is 46.2 Å². The van der Waals surface area contributed by atoms with Gasteiger partial charge in [-0.1, -0.05) is 26.0 Å². The Labute approximate surface area is 108 Å². The Bertz CT molecular complexity index is 316. The van der Waals surface area contributed by atoms with Crippen molar-refractivity contribution in [1.82, 2.24) is 0 Å². The first-order valence-electron chi connectivity index (χ1n) is 5.70. The summed E-state index contributed by atoms with van der Waals surface area (Å²) < 4.78 is 12.7. The predicted molar refractivity (Wildman–Crippen MR) is 70.7 cm³/mol. The highest BCUT2D eigenvalue weighted by atomic mass is 35.5. The van der Waals surface area contributed by atoms with Crippen molar-refractivity contribution < 1.29 is 9.50 Å². The van der Waals surface area contributed by atoms with Gasteiger partial charge in [-0.15, -0.1) is 12.4 Å². The third-order valence-corrected chi connectivity index (χ3v) is 2.71. The van der Waals surface area contributed by atoms with Gasteiger partial charge in [-0.3, -0.25) is 0 Å². The van der Waals surface area contributed by atoms with Crippen LogP contribution in [-0.4, -0.2) is 11.2 Å². The van der Waals surface area contributed by atoms with Gasteiger partial charge in [0.1, 0.15) is 5.82 Å². The number of hydrogen-bond donors (Lipinski definition) is 2. The van der Waals surface area contributed by atoms with Crippen LogP contribution in [-0.2, 0) is 0 Å². The van der Waals surface area contributed by atoms with E-state index >= 15 is 0 Å². The van der Waals surface area contributed by atoms with Crippen molar-refractivity contribution in [3.8, 4) is 0 Å². The minimum absolute atomic E-state index is 0. The Hall–Kier alpha value is -0.640. The lowest BCUT2D eigenvalue weighted by Gasteiger charge is -2.20. The number of rotatable bonds is 5. The molecule has 0 aliphatic rings. The number of aliphatic hydroxyl groups excluding tert-OH is 1. The third kappa shape index (κ3) is 5.48. The number of halogens is 2. The molecule has 0 heterocycles. The maximum Gasteiger partial charge on any atom is 0.123 e. The van der Waals surface area contributed by atoms with Crippen LogP contribution in [0, 0.1) is 11.7 Å². The maximum absolute atomic E-state index is 12.7. The van der Waals surface area contributed by atoms with Gasteiger partial charge in [0.05, 0.1) is 12.1 Å². The van der Waals surface area contributed by atoms with Gasteiger partial charge in [-0.2, -0.15) is 0 Å². The fourth-order valence-corrected chi connectivity index (χ4v) is 1.59. The lowest BCUT2D eigenvalue weighted by molar-refractivity contribution is 0.128. The molecule has 0 aromatic heterocycles. The van der Waals surface area contributed by atoms with Crippen LogP contribution >= 0.6 is 12.4 Å². The first-order valence-corrected chi connectivity index (χ1v) is 5.70. The van der Waals surface area contributed by atoms with Gasteiger partial charge >= 0.3 is 0 Å². The SMILES string of the molecule is CC(C)CC[C@@H](O)[C@@H](N)c1ccc(F)cc1.Cl. The molecular formula is C13H21ClFNO. The van der Waals surface area contributed by atoms with Crippen LogP contribution in [0.3, 0.4) is 0 Å². The van der Waals surface area contributed by atoms with Crippen molar-refractivity contribution in [1.29, 1.82) is 0 Å². The summed E-state index contributed by atoms with van der Waals surface area (Å²) in [6, 6.07) is 5.55. The van der Waals surface area contributed by atoms with Crippen LogP contribution in [0.15, 0.2) is 24.3 Å². The zero-order valence-corrected chi connectivity index (χ0v) is 11.1. The Morgan fingerprint density at radius 2 is 1.71 bits per heavy atom. The zero-order valence-electron chi connectivity index (χ0n) is 10.3. The highest BCUT2D eigenvalue weighted by molar-refractivity contribution is 5.85. The van der Waals surface area contributed by atoms with E-state index in [2.05, 4.69) is 13.8 Å². The van der Waals surface area contributed by atoms with Crippen LogP contribution < -0.4 is 5.73 Å². The standard InChI is InChI=1S/C13H20FNO.ClH/c1-9(2)3-8-12(16)13(15)10-4-6-11(14)7-5-10;/h4-7,9,12-13,16H,3,8,15H2,1-2H3;1H/t12-,13+;/m1./s1. The minimum Gasteiger partial charge on any atom is -0.391 e. The predicted octanol–water partition coefficient (Wildman–Crippen LogP) is 3.04. The second-order valence-corrected chi connectivity index (χ2v) is 4.62. The second kappa shape index (κ2) is 7.64. The molecule has 98 valence electrons. The molecule has 0 saturated heterocycles. The van der Waals surface area contributed by atoms with Crippen LogP contribution in [0.1, 0.15) is 38.3 Å². The molecule has 17 heavy (non-hydrogen) atoms. The molecular weight excluding hydrogens is 241 g/mol. The Morgan fingerprint density at radius 3 is 2.18 bits per heavy atom. The average Bonchev–Trinajstić information content (AvgIpc) is 2.26. The first kappa shape index (κ1) is 16.4. The molecule has 4 heteroatoms. The zero-order chi connectivity index (χ0) is 12.1. The highest BCUT2D eigenvalue weighted by Crippen LogP contribution is 2.19. The summed E-state index contributed by atoms with van der Waals surface area (Å²) in [7, 11) is 0. The van der Waals surface area contributed by atoms with E-state index in [1.165, 1.54) is 12.1 Å². The molecule has 2 nitrogen and oxygen atoms in total. The van der Waals surface area contributed by atoms with Crippen LogP contribution in [0.4, 0.5) is 4.39 Å². The summed E-state index contributed by atoms with van der Waals surface area (Å²) in [4.78, 5) is 0. The summed E-state index contributed by atoms with van der Waals surface area (Å²) in [5.41, 5.74) is 6.68. The summed E-state index contributed by atoms with van der Waals surface area (Å²) >= 11 is 0. The molecule has 1 rings (SSSR count). The van der Waals surface area contributed by atoms with E-state index in [0.29, 0.717) is 12.3 Å². The summed E-state index contributed by atoms with van der Waals surface area (Å²) in [5.74, 6) is 0.266. The number of hydrogen-bond acceptors (Lipinski definition) is 2. The Balaban J connectivity index is 0.00000256. The minimum atomic E-state index is -0.562. The van der Waals surface area contributed by atoms with Crippen molar-refractivity contribution in [3.63, 3.8) is 0 Å². The van der Waals surface area contributed by atoms with Crippen molar-refractivity contribution in [2.75, 3.05) is 0 Å². The largest absolute Gasteiger partial charge is 0.391 e. The van der Waals surface area contributed by atoms with Gasteiger partial charge in [0.25, 0.3) is 0 Å². The van der Waals surface area contributed by atoms with Crippen molar-refractivity contribution >= 4 is 12.4 Å². The van der Waals surface area contributed by atoms with Crippen LogP contribution in [0.5, 0.6) is 0 Å². The number of aliphatic hydroxyl groups is 1. The molecule has 1 aromatic carbocycles. The molecule has 0 bridgehead atoms. The molecule has 0 aliphatic carbocycles. The van der Waals surface area contributed by atoms with Gasteiger partial charge < -0.3 is 10.8 Å². The summed E-state index contributed by atoms with van der Waals surface area (Å²) in [5, 5.41) is 9.87. The Kier molecular flexibility index (Phi) is 7.35. The second-order valence-electron chi connectivity index (χ2n) is 4.62. The molecule has 0 amide bonds. The van der Waals surface area contributed by atoms with Gasteiger partial charge in [0.15, 0.2) is 0 Å². The molecule has 0 aliphatic heterocycles. The van der Waals surface area contributed by atoms with Gasteiger partial charge in [0, 0.05) is 0 Å². The quantitative estimate of drug-likeness (QED) is 0.856. The van der Waals surface area contributed by atoms with Gasteiger partial charge in [-0.25, -0.2) is 4.39 Å². The van der Waals surface area contributed by atoms with Gasteiger partial charge in [0.2, 0.25) is 0 Å². The Morgan fingerprint density at radius 1 is 1.18 bits per heavy atom. The third-order valence-electron chi connectivity index (χ3n) is 2.71. The normalized spacial score (nSPS) is 14.2. The van der Waals surface area contributed by atoms with E-state index < -0.39 is 12.1 Å². The van der Waals surface area contributed by atoms with Crippen LogP contribution in [0.2, 0.25) is 0 Å². The average molecular weight is 262 g/mol. The first-order chi connectivity index (χ1) is 7.50. The van der Waals surface area contributed by atoms with E-state index in [-0.39, 0.29) is 18.2 Å². The summed E-state index contributed by atoms with van der Waals surface area (Å²) in [6.45, 7) is 4.21. The smallest absolute Gasteiger partial charge is 0.123 e.